The van der Waals surface area contributed by atoms with Crippen molar-refractivity contribution in [3.63, 3.8) is 0 Å². The molecule has 0 fully saturated rings. The van der Waals surface area contributed by atoms with Crippen LogP contribution < -0.4 is 10.6 Å². The average molecular weight is 361 g/mol. The number of nitrogens with zero attached hydrogens (tertiary/aromatic N) is 2. The van der Waals surface area contributed by atoms with Gasteiger partial charge in [-0.2, -0.15) is 0 Å². The molecule has 0 aliphatic heterocycles. The molecule has 0 saturated heterocycles. The van der Waals surface area contributed by atoms with E-state index >= 15 is 0 Å². The van der Waals surface area contributed by atoms with Crippen molar-refractivity contribution < 1.29 is 4.74 Å². The number of methoxy groups -OCH3 is 1. The highest BCUT2D eigenvalue weighted by atomic mass is 32.1. The minimum absolute atomic E-state index is 0.227. The summed E-state index contributed by atoms with van der Waals surface area (Å²) in [4.78, 5) is 8.97. The summed E-state index contributed by atoms with van der Waals surface area (Å²) in [5, 5.41) is 9.79. The van der Waals surface area contributed by atoms with Gasteiger partial charge >= 0.3 is 0 Å². The monoisotopic (exact) mass is 360 g/mol. The van der Waals surface area contributed by atoms with Crippen LogP contribution in [-0.4, -0.2) is 43.8 Å². The standard InChI is InChI=1S/C19H28N4OS/c1-14-6-8-15(9-7-14)17-23-16(12-25-17)10-11-21-18(20-4)22-13-19(2,3)24-5/h6-9,12H,10-11,13H2,1-5H3,(H2,20,21,22). The quantitative estimate of drug-likeness (QED) is 0.588. The van der Waals surface area contributed by atoms with Crippen LogP contribution in [0.1, 0.15) is 25.1 Å². The number of benzene rings is 1. The van der Waals surface area contributed by atoms with E-state index < -0.39 is 0 Å². The van der Waals surface area contributed by atoms with Crippen LogP contribution in [0.3, 0.4) is 0 Å². The second-order valence-electron chi connectivity index (χ2n) is 6.58. The summed E-state index contributed by atoms with van der Waals surface area (Å²) in [6, 6.07) is 8.49. The third-order valence-corrected chi connectivity index (χ3v) is 4.92. The molecule has 0 amide bonds. The molecule has 25 heavy (non-hydrogen) atoms. The molecule has 0 radical (unpaired) electrons. The maximum absolute atomic E-state index is 5.40. The van der Waals surface area contributed by atoms with Gasteiger partial charge in [0.1, 0.15) is 5.01 Å². The second kappa shape index (κ2) is 8.97. The molecular formula is C19H28N4OS. The molecule has 6 heteroatoms. The normalized spacial score (nSPS) is 12.3. The number of aromatic nitrogens is 1. The van der Waals surface area contributed by atoms with Crippen LogP contribution in [-0.2, 0) is 11.2 Å². The summed E-state index contributed by atoms with van der Waals surface area (Å²) in [5.74, 6) is 0.777. The fourth-order valence-electron chi connectivity index (χ4n) is 2.15. The van der Waals surface area contributed by atoms with Crippen LogP contribution >= 0.6 is 11.3 Å². The Balaban J connectivity index is 1.82. The van der Waals surface area contributed by atoms with E-state index in [4.69, 9.17) is 9.72 Å². The molecule has 5 nitrogen and oxygen atoms in total. The Kier molecular flexibility index (Phi) is 6.96. The number of aryl methyl sites for hydroxylation is 1. The lowest BCUT2D eigenvalue weighted by Gasteiger charge is -2.24. The Morgan fingerprint density at radius 3 is 2.60 bits per heavy atom. The Morgan fingerprint density at radius 2 is 1.96 bits per heavy atom. The van der Waals surface area contributed by atoms with E-state index in [0.29, 0.717) is 6.54 Å². The van der Waals surface area contributed by atoms with E-state index in [9.17, 15) is 0 Å². The van der Waals surface area contributed by atoms with Gasteiger partial charge in [0, 0.05) is 44.6 Å². The zero-order valence-corrected chi connectivity index (χ0v) is 16.5. The van der Waals surface area contributed by atoms with Crippen LogP contribution in [0.2, 0.25) is 0 Å². The number of thiazole rings is 1. The number of rotatable bonds is 7. The smallest absolute Gasteiger partial charge is 0.191 e. The van der Waals surface area contributed by atoms with Crippen molar-refractivity contribution in [3.8, 4) is 10.6 Å². The number of guanidine groups is 1. The molecule has 1 aromatic carbocycles. The average Bonchev–Trinajstić information content (AvgIpc) is 3.07. The van der Waals surface area contributed by atoms with E-state index in [1.54, 1.807) is 25.5 Å². The Hall–Kier alpha value is -1.92. The van der Waals surface area contributed by atoms with Gasteiger partial charge in [-0.05, 0) is 20.8 Å². The van der Waals surface area contributed by atoms with Gasteiger partial charge in [0.25, 0.3) is 0 Å². The highest BCUT2D eigenvalue weighted by Crippen LogP contribution is 2.24. The maximum Gasteiger partial charge on any atom is 0.191 e. The van der Waals surface area contributed by atoms with Crippen LogP contribution in [0.25, 0.3) is 10.6 Å². The third-order valence-electron chi connectivity index (χ3n) is 3.98. The number of hydrogen-bond acceptors (Lipinski definition) is 4. The van der Waals surface area contributed by atoms with Crippen molar-refractivity contribution in [1.82, 2.24) is 15.6 Å². The molecule has 0 atom stereocenters. The summed E-state index contributed by atoms with van der Waals surface area (Å²) in [6.07, 6.45) is 0.858. The number of hydrogen-bond donors (Lipinski definition) is 2. The summed E-state index contributed by atoms with van der Waals surface area (Å²) in [5.41, 5.74) is 3.31. The molecule has 136 valence electrons. The van der Waals surface area contributed by atoms with E-state index in [2.05, 4.69) is 52.2 Å². The molecule has 1 heterocycles. The second-order valence-corrected chi connectivity index (χ2v) is 7.43. The van der Waals surface area contributed by atoms with Crippen LogP contribution in [0.4, 0.5) is 0 Å². The molecule has 1 aromatic heterocycles. The molecule has 2 rings (SSSR count). The van der Waals surface area contributed by atoms with Gasteiger partial charge in [0.15, 0.2) is 5.96 Å². The molecule has 2 N–H and O–H groups in total. The van der Waals surface area contributed by atoms with Gasteiger partial charge in [-0.15, -0.1) is 11.3 Å². The first-order chi connectivity index (χ1) is 11.9. The fourth-order valence-corrected chi connectivity index (χ4v) is 3.01. The van der Waals surface area contributed by atoms with E-state index in [0.717, 1.165) is 29.6 Å². The van der Waals surface area contributed by atoms with Gasteiger partial charge in [-0.1, -0.05) is 29.8 Å². The minimum Gasteiger partial charge on any atom is -0.377 e. The molecule has 0 saturated carbocycles. The lowest BCUT2D eigenvalue weighted by molar-refractivity contribution is 0.0268. The van der Waals surface area contributed by atoms with Crippen LogP contribution in [0.15, 0.2) is 34.6 Å². The van der Waals surface area contributed by atoms with Gasteiger partial charge in [-0.25, -0.2) is 4.98 Å². The van der Waals surface area contributed by atoms with Crippen LogP contribution in [0.5, 0.6) is 0 Å². The van der Waals surface area contributed by atoms with E-state index in [-0.39, 0.29) is 5.60 Å². The molecule has 2 aromatic rings. The predicted octanol–water partition coefficient (Wildman–Crippen LogP) is 3.25. The molecular weight excluding hydrogens is 332 g/mol. The molecule has 0 aliphatic rings. The van der Waals surface area contributed by atoms with Gasteiger partial charge in [0.05, 0.1) is 11.3 Å². The van der Waals surface area contributed by atoms with Crippen molar-refractivity contribution in [2.75, 3.05) is 27.2 Å². The van der Waals surface area contributed by atoms with Crippen molar-refractivity contribution in [3.05, 3.63) is 40.9 Å². The van der Waals surface area contributed by atoms with Crippen LogP contribution in [0, 0.1) is 6.92 Å². The Bertz CT molecular complexity index is 692. The summed E-state index contributed by atoms with van der Waals surface area (Å²) in [7, 11) is 3.49. The minimum atomic E-state index is -0.227. The molecule has 0 bridgehead atoms. The fraction of sp³-hybridized carbons (Fsp3) is 0.474. The van der Waals surface area contributed by atoms with Crippen molar-refractivity contribution >= 4 is 17.3 Å². The Morgan fingerprint density at radius 1 is 1.24 bits per heavy atom. The van der Waals surface area contributed by atoms with E-state index in [1.165, 1.54) is 11.1 Å². The van der Waals surface area contributed by atoms with Crippen molar-refractivity contribution in [2.45, 2.75) is 32.8 Å². The first kappa shape index (κ1) is 19.4. The topological polar surface area (TPSA) is 58.5 Å². The predicted molar refractivity (Wildman–Crippen MR) is 106 cm³/mol. The van der Waals surface area contributed by atoms with E-state index in [1.807, 2.05) is 13.8 Å². The maximum atomic E-state index is 5.40. The zero-order valence-electron chi connectivity index (χ0n) is 15.7. The van der Waals surface area contributed by atoms with Gasteiger partial charge in [0.2, 0.25) is 0 Å². The first-order valence-electron chi connectivity index (χ1n) is 8.44. The van der Waals surface area contributed by atoms with Crippen molar-refractivity contribution in [2.24, 2.45) is 4.99 Å². The van der Waals surface area contributed by atoms with Crippen molar-refractivity contribution in [1.29, 1.82) is 0 Å². The number of nitrogens with one attached hydrogen (secondary N) is 2. The number of aliphatic imine (C=N–C) groups is 1. The lowest BCUT2D eigenvalue weighted by Crippen LogP contribution is -2.45. The largest absolute Gasteiger partial charge is 0.377 e. The SMILES string of the molecule is CN=C(NCCc1csc(-c2ccc(C)cc2)n1)NCC(C)(C)OC. The first-order valence-corrected chi connectivity index (χ1v) is 9.32. The number of ether oxygens (including phenoxy) is 1. The van der Waals surface area contributed by atoms with Gasteiger partial charge < -0.3 is 15.4 Å². The lowest BCUT2D eigenvalue weighted by atomic mass is 10.1. The zero-order chi connectivity index (χ0) is 18.3. The highest BCUT2D eigenvalue weighted by Gasteiger charge is 2.16. The third kappa shape index (κ3) is 6.14. The summed E-state index contributed by atoms with van der Waals surface area (Å²) < 4.78 is 5.40. The van der Waals surface area contributed by atoms with Gasteiger partial charge in [-0.3, -0.25) is 4.99 Å². The molecule has 0 spiro atoms. The summed E-state index contributed by atoms with van der Waals surface area (Å²) >= 11 is 1.69. The Labute approximate surface area is 154 Å². The molecule has 0 aliphatic carbocycles. The summed E-state index contributed by atoms with van der Waals surface area (Å²) in [6.45, 7) is 7.64. The molecule has 0 unspecified atom stereocenters. The highest BCUT2D eigenvalue weighted by molar-refractivity contribution is 7.13.